The minimum absolute atomic E-state index is 0.233. The Morgan fingerprint density at radius 1 is 1.15 bits per heavy atom. The molecule has 1 aromatic carbocycles. The largest absolute Gasteiger partial charge is 0.310 e. The van der Waals surface area contributed by atoms with Gasteiger partial charge >= 0.3 is 0 Å². The molecule has 0 spiro atoms. The van der Waals surface area contributed by atoms with Crippen molar-refractivity contribution in [1.82, 2.24) is 5.32 Å². The van der Waals surface area contributed by atoms with E-state index in [9.17, 15) is 25.0 Å². The van der Waals surface area contributed by atoms with Crippen LogP contribution in [0.2, 0.25) is 0 Å². The van der Waals surface area contributed by atoms with Gasteiger partial charge in [0.15, 0.2) is 0 Å². The molecule has 1 heterocycles. The fourth-order valence-corrected chi connectivity index (χ4v) is 1.42. The number of carbonyl (C=O) groups excluding carboxylic acids is 1. The van der Waals surface area contributed by atoms with Gasteiger partial charge in [0.25, 0.3) is 17.3 Å². The number of amides is 1. The van der Waals surface area contributed by atoms with E-state index in [1.807, 2.05) is 0 Å². The van der Waals surface area contributed by atoms with Crippen molar-refractivity contribution >= 4 is 23.6 Å². The highest BCUT2D eigenvalue weighted by atomic mass is 16.6. The number of aliphatic imine (C=N–C) groups is 1. The Labute approximate surface area is 110 Å². The summed E-state index contributed by atoms with van der Waals surface area (Å²) in [7, 11) is 0. The molecule has 1 aromatic rings. The molecule has 1 N–H and O–H groups in total. The smallest absolute Gasteiger partial charge is 0.277 e. The van der Waals surface area contributed by atoms with Gasteiger partial charge in [0, 0.05) is 12.1 Å². The van der Waals surface area contributed by atoms with Crippen LogP contribution in [0.1, 0.15) is 10.4 Å². The van der Waals surface area contributed by atoms with Gasteiger partial charge in [-0.1, -0.05) is 0 Å². The normalized spacial score (nSPS) is 16.1. The van der Waals surface area contributed by atoms with E-state index in [1.54, 1.807) is 0 Å². The number of benzene rings is 1. The molecule has 1 amide bonds. The lowest BCUT2D eigenvalue weighted by Gasteiger charge is -2.06. The topological polar surface area (TPSA) is 152 Å². The Bertz CT molecular complexity index is 610. The number of nitrogens with zero attached hydrogens (tertiary/aromatic N) is 5. The van der Waals surface area contributed by atoms with Crippen LogP contribution in [0.5, 0.6) is 0 Å². The molecule has 0 fully saturated rings. The molecule has 0 radical (unpaired) electrons. The number of azo groups is 1. The molecule has 1 aliphatic heterocycles. The highest BCUT2D eigenvalue weighted by Gasteiger charge is 2.21. The van der Waals surface area contributed by atoms with Gasteiger partial charge in [-0.3, -0.25) is 25.0 Å². The second-order valence-electron chi connectivity index (χ2n) is 3.59. The van der Waals surface area contributed by atoms with Crippen LogP contribution < -0.4 is 5.32 Å². The highest BCUT2D eigenvalue weighted by molar-refractivity contribution is 5.95. The number of nitro groups is 2. The fourth-order valence-electron chi connectivity index (χ4n) is 1.42. The van der Waals surface area contributed by atoms with Crippen molar-refractivity contribution in [3.63, 3.8) is 0 Å². The zero-order valence-electron chi connectivity index (χ0n) is 9.66. The summed E-state index contributed by atoms with van der Waals surface area (Å²) in [6.45, 7) is 0. The fraction of sp³-hybridized carbons (Fsp3) is 0.111. The van der Waals surface area contributed by atoms with Crippen LogP contribution in [0.4, 0.5) is 11.4 Å². The molecule has 0 aromatic heterocycles. The zero-order valence-corrected chi connectivity index (χ0v) is 9.66. The van der Waals surface area contributed by atoms with E-state index in [1.165, 1.54) is 0 Å². The maximum absolute atomic E-state index is 11.8. The van der Waals surface area contributed by atoms with Crippen LogP contribution in [0.25, 0.3) is 0 Å². The summed E-state index contributed by atoms with van der Waals surface area (Å²) in [5.74, 6) is -0.778. The van der Waals surface area contributed by atoms with Crippen LogP contribution in [0, 0.1) is 20.2 Å². The third kappa shape index (κ3) is 2.77. The first kappa shape index (κ1) is 13.2. The number of carbonyl (C=O) groups is 1. The monoisotopic (exact) mass is 278 g/mol. The molecule has 0 saturated carbocycles. The van der Waals surface area contributed by atoms with Gasteiger partial charge < -0.3 is 5.32 Å². The van der Waals surface area contributed by atoms with Crippen molar-refractivity contribution in [2.45, 2.75) is 6.29 Å². The number of nitro benzene ring substituents is 2. The summed E-state index contributed by atoms with van der Waals surface area (Å²) in [5, 5.41) is 30.6. The predicted molar refractivity (Wildman–Crippen MR) is 64.4 cm³/mol. The second-order valence-corrected chi connectivity index (χ2v) is 3.59. The van der Waals surface area contributed by atoms with Crippen LogP contribution in [0.15, 0.2) is 33.4 Å². The Morgan fingerprint density at radius 2 is 1.75 bits per heavy atom. The summed E-state index contributed by atoms with van der Waals surface area (Å²) in [6, 6.07) is 2.63. The molecule has 102 valence electrons. The molecule has 11 nitrogen and oxygen atoms in total. The van der Waals surface area contributed by atoms with E-state index in [2.05, 4.69) is 20.5 Å². The molecule has 0 bridgehead atoms. The van der Waals surface area contributed by atoms with Crippen molar-refractivity contribution in [2.75, 3.05) is 0 Å². The average Bonchev–Trinajstić information content (AvgIpc) is 2.90. The summed E-state index contributed by atoms with van der Waals surface area (Å²) in [6.07, 6.45) is 0.196. The molecule has 1 unspecified atom stereocenters. The molecular formula is C9H6N6O5. The van der Waals surface area contributed by atoms with E-state index in [0.717, 1.165) is 24.5 Å². The summed E-state index contributed by atoms with van der Waals surface area (Å²) in [4.78, 5) is 35.2. The first-order valence-electron chi connectivity index (χ1n) is 5.14. The maximum Gasteiger partial charge on any atom is 0.277 e. The Hall–Kier alpha value is -3.24. The SMILES string of the molecule is O=C(NC1N=CN=N1)c1cc([N+](=O)[O-])cc([N+](=O)[O-])c1. The minimum atomic E-state index is -0.930. The maximum atomic E-state index is 11.8. The van der Waals surface area contributed by atoms with E-state index in [4.69, 9.17) is 0 Å². The van der Waals surface area contributed by atoms with Crippen molar-refractivity contribution in [1.29, 1.82) is 0 Å². The van der Waals surface area contributed by atoms with E-state index >= 15 is 0 Å². The third-order valence-corrected chi connectivity index (χ3v) is 2.28. The van der Waals surface area contributed by atoms with Gasteiger partial charge in [-0.2, -0.15) is 0 Å². The number of nitrogens with one attached hydrogen (secondary N) is 1. The number of hydrogen-bond donors (Lipinski definition) is 1. The zero-order chi connectivity index (χ0) is 14.7. The molecule has 1 atom stereocenters. The van der Waals surface area contributed by atoms with Gasteiger partial charge in [0.1, 0.15) is 6.34 Å². The summed E-state index contributed by atoms with van der Waals surface area (Å²) in [5.41, 5.74) is -1.34. The van der Waals surface area contributed by atoms with E-state index in [-0.39, 0.29) is 5.56 Å². The van der Waals surface area contributed by atoms with Crippen molar-refractivity contribution in [3.8, 4) is 0 Å². The lowest BCUT2D eigenvalue weighted by atomic mass is 10.1. The number of non-ortho nitro benzene ring substituents is 2. The first-order valence-corrected chi connectivity index (χ1v) is 5.14. The average molecular weight is 278 g/mol. The lowest BCUT2D eigenvalue weighted by Crippen LogP contribution is -2.31. The molecular weight excluding hydrogens is 272 g/mol. The summed E-state index contributed by atoms with van der Waals surface area (Å²) >= 11 is 0. The Kier molecular flexibility index (Phi) is 3.41. The Balaban J connectivity index is 2.31. The molecule has 1 aliphatic rings. The molecule has 11 heteroatoms. The van der Waals surface area contributed by atoms with Crippen molar-refractivity contribution < 1.29 is 14.6 Å². The van der Waals surface area contributed by atoms with Crippen molar-refractivity contribution in [3.05, 3.63) is 44.0 Å². The predicted octanol–water partition coefficient (Wildman–Crippen LogP) is 1.01. The first-order chi connectivity index (χ1) is 9.47. The van der Waals surface area contributed by atoms with Gasteiger partial charge in [-0.15, -0.1) is 10.2 Å². The number of hydrogen-bond acceptors (Lipinski definition) is 8. The Morgan fingerprint density at radius 3 is 2.20 bits per heavy atom. The van der Waals surface area contributed by atoms with Crippen LogP contribution in [-0.4, -0.2) is 28.4 Å². The van der Waals surface area contributed by atoms with Gasteiger partial charge in [0.05, 0.1) is 21.5 Å². The third-order valence-electron chi connectivity index (χ3n) is 2.28. The standard InChI is InChI=1S/C9H6N6O5/c16-8(12-9-10-4-11-13-9)5-1-6(14(17)18)3-7(2-5)15(19)20/h1-4,9H,(H,12,16). The molecule has 2 rings (SSSR count). The van der Waals surface area contributed by atoms with Crippen molar-refractivity contribution in [2.24, 2.45) is 15.2 Å². The van der Waals surface area contributed by atoms with Crippen LogP contribution in [0.3, 0.4) is 0 Å². The van der Waals surface area contributed by atoms with E-state index < -0.39 is 33.4 Å². The van der Waals surface area contributed by atoms with E-state index in [0.29, 0.717) is 0 Å². The second kappa shape index (κ2) is 5.17. The van der Waals surface area contributed by atoms with Gasteiger partial charge in [0.2, 0.25) is 6.29 Å². The number of rotatable bonds is 4. The summed E-state index contributed by atoms with van der Waals surface area (Å²) < 4.78 is 0. The lowest BCUT2D eigenvalue weighted by molar-refractivity contribution is -0.394. The quantitative estimate of drug-likeness (QED) is 0.643. The molecule has 0 saturated heterocycles. The van der Waals surface area contributed by atoms with Gasteiger partial charge in [-0.05, 0) is 0 Å². The molecule has 0 aliphatic carbocycles. The van der Waals surface area contributed by atoms with Crippen LogP contribution >= 0.6 is 0 Å². The minimum Gasteiger partial charge on any atom is -0.310 e. The van der Waals surface area contributed by atoms with Crippen LogP contribution in [-0.2, 0) is 0 Å². The molecule has 20 heavy (non-hydrogen) atoms. The highest BCUT2D eigenvalue weighted by Crippen LogP contribution is 2.22. The van der Waals surface area contributed by atoms with Gasteiger partial charge in [-0.25, -0.2) is 4.99 Å².